The molecule has 0 aliphatic carbocycles. The molecular weight excluding hydrogens is 462 g/mol. The van der Waals surface area contributed by atoms with Gasteiger partial charge in [-0.05, 0) is 47.5 Å². The number of hydrogen-bond acceptors (Lipinski definition) is 5. The number of rotatable bonds is 10. The number of hydrogen-bond donors (Lipinski definition) is 5. The molecule has 36 heavy (non-hydrogen) atoms. The summed E-state index contributed by atoms with van der Waals surface area (Å²) in [4.78, 5) is 49.1. The zero-order valence-corrected chi connectivity index (χ0v) is 19.6. The second-order valence-corrected chi connectivity index (χ2v) is 8.24. The topological polar surface area (TPSA) is 145 Å². The predicted molar refractivity (Wildman–Crippen MR) is 134 cm³/mol. The van der Waals surface area contributed by atoms with Gasteiger partial charge in [0.05, 0.1) is 0 Å². The average molecular weight is 490 g/mol. The molecule has 9 nitrogen and oxygen atoms in total. The van der Waals surface area contributed by atoms with E-state index in [9.17, 15) is 29.4 Å². The van der Waals surface area contributed by atoms with Gasteiger partial charge < -0.3 is 26.2 Å². The molecule has 0 radical (unpaired) electrons. The summed E-state index contributed by atoms with van der Waals surface area (Å²) in [6.45, 7) is 1.37. The van der Waals surface area contributed by atoms with E-state index in [-0.39, 0.29) is 30.1 Å². The molecule has 0 aliphatic rings. The first-order valence-corrected chi connectivity index (χ1v) is 11.2. The van der Waals surface area contributed by atoms with Crippen LogP contribution in [-0.2, 0) is 27.2 Å². The third-order valence-corrected chi connectivity index (χ3v) is 5.36. The van der Waals surface area contributed by atoms with Crippen molar-refractivity contribution in [2.45, 2.75) is 31.8 Å². The fraction of sp³-hybridized carbons (Fsp3) is 0.185. The van der Waals surface area contributed by atoms with Crippen molar-refractivity contribution in [3.63, 3.8) is 0 Å². The molecule has 0 heterocycles. The highest BCUT2D eigenvalue weighted by Gasteiger charge is 2.27. The van der Waals surface area contributed by atoms with Crippen LogP contribution in [0.5, 0.6) is 5.75 Å². The highest BCUT2D eigenvalue weighted by molar-refractivity contribution is 5.99. The molecule has 5 N–H and O–H groups in total. The van der Waals surface area contributed by atoms with E-state index in [4.69, 9.17) is 0 Å². The van der Waals surface area contributed by atoms with Gasteiger partial charge in [-0.3, -0.25) is 14.4 Å². The molecule has 0 fully saturated rings. The number of benzene rings is 3. The molecule has 0 saturated heterocycles. The van der Waals surface area contributed by atoms with E-state index < -0.39 is 29.9 Å². The number of phenolic OH excluding ortho intramolecular Hbond substituents is 1. The Hall–Kier alpha value is -4.66. The number of carbonyl (C=O) groups is 4. The summed E-state index contributed by atoms with van der Waals surface area (Å²) in [6.07, 6.45) is 0.145. The number of amides is 3. The van der Waals surface area contributed by atoms with E-state index in [1.165, 1.54) is 31.2 Å². The number of nitrogens with one attached hydrogen (secondary N) is 3. The molecule has 0 bridgehead atoms. The van der Waals surface area contributed by atoms with Gasteiger partial charge in [-0.15, -0.1) is 0 Å². The van der Waals surface area contributed by atoms with Crippen molar-refractivity contribution < 1.29 is 29.4 Å². The lowest BCUT2D eigenvalue weighted by atomic mass is 10.0. The number of carboxylic acid groups (broad SMARTS) is 1. The average Bonchev–Trinajstić information content (AvgIpc) is 2.85. The molecule has 3 aromatic rings. The maximum atomic E-state index is 13.2. The van der Waals surface area contributed by atoms with Crippen LogP contribution >= 0.6 is 0 Å². The van der Waals surface area contributed by atoms with Gasteiger partial charge in [-0.2, -0.15) is 0 Å². The third kappa shape index (κ3) is 7.69. The smallest absolute Gasteiger partial charge is 0.326 e. The van der Waals surface area contributed by atoms with Gasteiger partial charge in [0.1, 0.15) is 17.8 Å². The number of aromatic hydroxyl groups is 1. The van der Waals surface area contributed by atoms with Crippen molar-refractivity contribution in [3.8, 4) is 5.75 Å². The van der Waals surface area contributed by atoms with Crippen LogP contribution in [-0.4, -0.2) is 46.0 Å². The zero-order valence-electron chi connectivity index (χ0n) is 19.6. The Bertz CT molecular complexity index is 1210. The Morgan fingerprint density at radius 1 is 0.750 bits per heavy atom. The van der Waals surface area contributed by atoms with Crippen LogP contribution in [0.15, 0.2) is 78.9 Å². The van der Waals surface area contributed by atoms with Crippen molar-refractivity contribution in [2.75, 3.05) is 5.32 Å². The van der Waals surface area contributed by atoms with Crippen molar-refractivity contribution in [3.05, 3.63) is 95.6 Å². The van der Waals surface area contributed by atoms with Crippen LogP contribution in [0, 0.1) is 0 Å². The molecule has 3 amide bonds. The number of aliphatic carboxylic acids is 1. The largest absolute Gasteiger partial charge is 0.508 e. The summed E-state index contributed by atoms with van der Waals surface area (Å²) < 4.78 is 0. The Kier molecular flexibility index (Phi) is 8.77. The van der Waals surface area contributed by atoms with E-state index in [1.54, 1.807) is 48.5 Å². The zero-order chi connectivity index (χ0) is 26.1. The van der Waals surface area contributed by atoms with Crippen LogP contribution < -0.4 is 16.0 Å². The lowest BCUT2D eigenvalue weighted by Gasteiger charge is -2.22. The van der Waals surface area contributed by atoms with E-state index >= 15 is 0 Å². The van der Waals surface area contributed by atoms with Gasteiger partial charge in [0.2, 0.25) is 11.8 Å². The summed E-state index contributed by atoms with van der Waals surface area (Å²) in [5.74, 6) is -2.59. The number of phenols is 1. The third-order valence-electron chi connectivity index (χ3n) is 5.36. The maximum absolute atomic E-state index is 13.2. The van der Waals surface area contributed by atoms with Gasteiger partial charge in [0, 0.05) is 31.0 Å². The lowest BCUT2D eigenvalue weighted by molar-refractivity contribution is -0.142. The predicted octanol–water partition coefficient (Wildman–Crippen LogP) is 2.50. The van der Waals surface area contributed by atoms with Crippen LogP contribution in [0.2, 0.25) is 0 Å². The minimum Gasteiger partial charge on any atom is -0.508 e. The maximum Gasteiger partial charge on any atom is 0.326 e. The fourth-order valence-electron chi connectivity index (χ4n) is 3.55. The highest BCUT2D eigenvalue weighted by Crippen LogP contribution is 2.13. The minimum absolute atomic E-state index is 0.00202. The molecule has 0 spiro atoms. The first kappa shape index (κ1) is 26.0. The fourth-order valence-corrected chi connectivity index (χ4v) is 3.55. The monoisotopic (exact) mass is 489 g/mol. The van der Waals surface area contributed by atoms with Crippen molar-refractivity contribution >= 4 is 29.4 Å². The van der Waals surface area contributed by atoms with Gasteiger partial charge in [0.25, 0.3) is 5.91 Å². The summed E-state index contributed by atoms with van der Waals surface area (Å²) >= 11 is 0. The van der Waals surface area contributed by atoms with Crippen molar-refractivity contribution in [2.24, 2.45) is 0 Å². The highest BCUT2D eigenvalue weighted by atomic mass is 16.4. The van der Waals surface area contributed by atoms with Crippen LogP contribution in [0.4, 0.5) is 5.69 Å². The first-order chi connectivity index (χ1) is 17.2. The van der Waals surface area contributed by atoms with E-state index in [1.807, 2.05) is 6.07 Å². The molecule has 0 aromatic heterocycles. The second kappa shape index (κ2) is 12.2. The summed E-state index contributed by atoms with van der Waals surface area (Å²) in [6, 6.07) is 19.0. The Balaban J connectivity index is 1.76. The molecule has 9 heteroatoms. The molecule has 0 aliphatic heterocycles. The Labute approximate surface area is 208 Å². The standard InChI is InChI=1S/C27H27N3O6/c1-17(31)28-21-11-9-20(10-12-21)25(33)29-23(15-18-5-3-2-4-6-18)26(34)30-24(27(35)36)16-19-7-13-22(32)14-8-19/h2-14,23-24,32H,15-16H2,1H3,(H,28,31)(H,29,33)(H,30,34)(H,35,36)/t23-,24-/m0/s1. The number of carbonyl (C=O) groups excluding carboxylic acids is 3. The van der Waals surface area contributed by atoms with Gasteiger partial charge in [-0.1, -0.05) is 42.5 Å². The van der Waals surface area contributed by atoms with E-state index in [0.29, 0.717) is 11.3 Å². The minimum atomic E-state index is -1.24. The summed E-state index contributed by atoms with van der Waals surface area (Å²) in [5.41, 5.74) is 2.19. The Morgan fingerprint density at radius 2 is 1.33 bits per heavy atom. The summed E-state index contributed by atoms with van der Waals surface area (Å²) in [7, 11) is 0. The normalized spacial score (nSPS) is 12.1. The number of anilines is 1. The Morgan fingerprint density at radius 3 is 1.92 bits per heavy atom. The molecule has 186 valence electrons. The molecule has 3 aromatic carbocycles. The van der Waals surface area contributed by atoms with Crippen LogP contribution in [0.25, 0.3) is 0 Å². The number of carboxylic acids is 1. The van der Waals surface area contributed by atoms with E-state index in [2.05, 4.69) is 16.0 Å². The van der Waals surface area contributed by atoms with Crippen molar-refractivity contribution in [1.29, 1.82) is 0 Å². The van der Waals surface area contributed by atoms with Crippen LogP contribution in [0.1, 0.15) is 28.4 Å². The SMILES string of the molecule is CC(=O)Nc1ccc(C(=O)N[C@@H](Cc2ccccc2)C(=O)N[C@@H](Cc2ccc(O)cc2)C(=O)O)cc1. The molecule has 3 rings (SSSR count). The second-order valence-electron chi connectivity index (χ2n) is 8.24. The molecule has 0 unspecified atom stereocenters. The first-order valence-electron chi connectivity index (χ1n) is 11.2. The van der Waals surface area contributed by atoms with Gasteiger partial charge >= 0.3 is 5.97 Å². The lowest BCUT2D eigenvalue weighted by Crippen LogP contribution is -2.53. The quantitative estimate of drug-likeness (QED) is 0.296. The van der Waals surface area contributed by atoms with E-state index in [0.717, 1.165) is 5.56 Å². The van der Waals surface area contributed by atoms with Crippen LogP contribution in [0.3, 0.4) is 0 Å². The van der Waals surface area contributed by atoms with Crippen molar-refractivity contribution in [1.82, 2.24) is 10.6 Å². The molecule has 2 atom stereocenters. The van der Waals surface area contributed by atoms with Gasteiger partial charge in [0.15, 0.2) is 0 Å². The summed E-state index contributed by atoms with van der Waals surface area (Å²) in [5, 5.41) is 27.0. The molecular formula is C27H27N3O6. The molecule has 0 saturated carbocycles. The van der Waals surface area contributed by atoms with Gasteiger partial charge in [-0.25, -0.2) is 4.79 Å².